The van der Waals surface area contributed by atoms with Gasteiger partial charge >= 0.3 is 0 Å². The standard InChI is InChI=1S/C16H15BrClF2N3OS/c1-7(19)9(21)5-10-11(17)13-15(24-10)14(12(20)16(18)23-13)22-6-8-3-2-4-25-8/h2-4,7,9H,5-6,21H2,1H3,(H,22,23)/t7-,9+/m0/s1. The van der Waals surface area contributed by atoms with Gasteiger partial charge in [0, 0.05) is 23.9 Å². The summed E-state index contributed by atoms with van der Waals surface area (Å²) in [5.74, 6) is -0.290. The molecule has 3 N–H and O–H groups in total. The van der Waals surface area contributed by atoms with Gasteiger partial charge in [-0.3, -0.25) is 0 Å². The van der Waals surface area contributed by atoms with Gasteiger partial charge in [-0.15, -0.1) is 11.3 Å². The van der Waals surface area contributed by atoms with E-state index in [2.05, 4.69) is 26.2 Å². The number of rotatable bonds is 6. The molecule has 134 valence electrons. The molecule has 0 aliphatic heterocycles. The summed E-state index contributed by atoms with van der Waals surface area (Å²) >= 11 is 10.8. The minimum Gasteiger partial charge on any atom is -0.456 e. The lowest BCUT2D eigenvalue weighted by molar-refractivity contribution is 0.295. The highest BCUT2D eigenvalue weighted by molar-refractivity contribution is 9.10. The Bertz CT molecular complexity index is 886. The number of alkyl halides is 1. The monoisotopic (exact) mass is 449 g/mol. The van der Waals surface area contributed by atoms with Gasteiger partial charge in [0.2, 0.25) is 0 Å². The fourth-order valence-electron chi connectivity index (χ4n) is 2.32. The lowest BCUT2D eigenvalue weighted by Gasteiger charge is -2.10. The minimum atomic E-state index is -1.20. The predicted molar refractivity (Wildman–Crippen MR) is 101 cm³/mol. The van der Waals surface area contributed by atoms with Gasteiger partial charge in [0.05, 0.1) is 4.47 Å². The highest BCUT2D eigenvalue weighted by Crippen LogP contribution is 2.38. The molecule has 0 fully saturated rings. The van der Waals surface area contributed by atoms with Crippen LogP contribution in [0.5, 0.6) is 0 Å². The normalized spacial score (nSPS) is 14.0. The molecule has 0 aromatic carbocycles. The Morgan fingerprint density at radius 3 is 2.92 bits per heavy atom. The van der Waals surface area contributed by atoms with Crippen LogP contribution in [-0.4, -0.2) is 17.2 Å². The van der Waals surface area contributed by atoms with E-state index in [0.29, 0.717) is 22.3 Å². The molecule has 3 aromatic rings. The van der Waals surface area contributed by atoms with E-state index in [0.717, 1.165) is 4.88 Å². The van der Waals surface area contributed by atoms with Crippen LogP contribution >= 0.6 is 38.9 Å². The summed E-state index contributed by atoms with van der Waals surface area (Å²) in [7, 11) is 0. The maximum atomic E-state index is 14.5. The number of halogens is 4. The van der Waals surface area contributed by atoms with Crippen molar-refractivity contribution in [3.8, 4) is 0 Å². The van der Waals surface area contributed by atoms with E-state index in [4.69, 9.17) is 21.8 Å². The zero-order valence-electron chi connectivity index (χ0n) is 13.2. The number of fused-ring (bicyclic) bond motifs is 1. The third-order valence-corrected chi connectivity index (χ3v) is 5.71. The summed E-state index contributed by atoms with van der Waals surface area (Å²) in [6, 6.07) is 3.11. The summed E-state index contributed by atoms with van der Waals surface area (Å²) < 4.78 is 34.1. The molecule has 3 aromatic heterocycles. The van der Waals surface area contributed by atoms with Gasteiger partial charge in [-0.05, 0) is 34.3 Å². The van der Waals surface area contributed by atoms with Gasteiger partial charge in [0.1, 0.15) is 23.1 Å². The van der Waals surface area contributed by atoms with Crippen LogP contribution in [0.2, 0.25) is 5.15 Å². The number of nitrogens with two attached hydrogens (primary N) is 1. The van der Waals surface area contributed by atoms with Gasteiger partial charge in [0.25, 0.3) is 0 Å². The van der Waals surface area contributed by atoms with Crippen molar-refractivity contribution in [2.75, 3.05) is 5.32 Å². The van der Waals surface area contributed by atoms with Crippen LogP contribution < -0.4 is 11.1 Å². The van der Waals surface area contributed by atoms with Crippen LogP contribution in [0.1, 0.15) is 17.6 Å². The maximum absolute atomic E-state index is 14.5. The molecule has 0 saturated carbocycles. The number of hydrogen-bond donors (Lipinski definition) is 2. The second-order valence-electron chi connectivity index (χ2n) is 5.59. The quantitative estimate of drug-likeness (QED) is 0.501. The first-order chi connectivity index (χ1) is 11.9. The van der Waals surface area contributed by atoms with E-state index in [9.17, 15) is 8.78 Å². The van der Waals surface area contributed by atoms with Crippen LogP contribution in [0.25, 0.3) is 11.1 Å². The maximum Gasteiger partial charge on any atom is 0.187 e. The number of furan rings is 1. The first-order valence-electron chi connectivity index (χ1n) is 7.50. The zero-order valence-corrected chi connectivity index (χ0v) is 16.3. The van der Waals surface area contributed by atoms with Crippen molar-refractivity contribution in [1.82, 2.24) is 4.98 Å². The molecular weight excluding hydrogens is 436 g/mol. The molecular formula is C16H15BrClF2N3OS. The lowest BCUT2D eigenvalue weighted by atomic mass is 10.1. The van der Waals surface area contributed by atoms with Crippen molar-refractivity contribution in [2.45, 2.75) is 32.1 Å². The molecule has 0 aliphatic rings. The van der Waals surface area contributed by atoms with Crippen molar-refractivity contribution in [1.29, 1.82) is 0 Å². The summed E-state index contributed by atoms with van der Waals surface area (Å²) in [5, 5.41) is 4.67. The smallest absolute Gasteiger partial charge is 0.187 e. The molecule has 0 amide bonds. The van der Waals surface area contributed by atoms with Crippen LogP contribution in [0, 0.1) is 5.82 Å². The molecule has 0 aliphatic carbocycles. The van der Waals surface area contributed by atoms with Gasteiger partial charge < -0.3 is 15.5 Å². The zero-order chi connectivity index (χ0) is 18.1. The largest absolute Gasteiger partial charge is 0.456 e. The minimum absolute atomic E-state index is 0.122. The number of hydrogen-bond acceptors (Lipinski definition) is 5. The number of anilines is 1. The summed E-state index contributed by atoms with van der Waals surface area (Å²) in [4.78, 5) is 5.06. The predicted octanol–water partition coefficient (Wildman–Crippen LogP) is 5.28. The SMILES string of the molecule is C[C@H](F)[C@H](N)Cc1oc2c(NCc3cccs3)c(F)c(Cl)nc2c1Br. The molecule has 3 rings (SSSR count). The van der Waals surface area contributed by atoms with Crippen LogP contribution in [0.4, 0.5) is 14.5 Å². The fourth-order valence-corrected chi connectivity index (χ4v) is 3.66. The molecule has 9 heteroatoms. The Labute approximate surface area is 160 Å². The molecule has 2 atom stereocenters. The topological polar surface area (TPSA) is 64.1 Å². The molecule has 0 unspecified atom stereocenters. The van der Waals surface area contributed by atoms with E-state index in [1.807, 2.05) is 17.5 Å². The third kappa shape index (κ3) is 3.81. The highest BCUT2D eigenvalue weighted by Gasteiger charge is 2.24. The highest BCUT2D eigenvalue weighted by atomic mass is 79.9. The number of nitrogens with one attached hydrogen (secondary N) is 1. The van der Waals surface area contributed by atoms with Crippen molar-refractivity contribution in [3.05, 3.63) is 43.6 Å². The number of pyridine rings is 1. The first-order valence-corrected chi connectivity index (χ1v) is 9.55. The van der Waals surface area contributed by atoms with Crippen molar-refractivity contribution in [3.63, 3.8) is 0 Å². The Morgan fingerprint density at radius 1 is 1.52 bits per heavy atom. The van der Waals surface area contributed by atoms with Crippen molar-refractivity contribution in [2.24, 2.45) is 5.73 Å². The Morgan fingerprint density at radius 2 is 2.28 bits per heavy atom. The van der Waals surface area contributed by atoms with E-state index in [1.54, 1.807) is 11.3 Å². The van der Waals surface area contributed by atoms with Crippen LogP contribution in [0.15, 0.2) is 26.4 Å². The Balaban J connectivity index is 2.01. The van der Waals surface area contributed by atoms with Gasteiger partial charge in [-0.25, -0.2) is 13.8 Å². The van der Waals surface area contributed by atoms with E-state index in [1.165, 1.54) is 6.92 Å². The molecule has 0 radical (unpaired) electrons. The van der Waals surface area contributed by atoms with Gasteiger partial charge in [-0.1, -0.05) is 17.7 Å². The van der Waals surface area contributed by atoms with Crippen molar-refractivity contribution < 1.29 is 13.2 Å². The average molecular weight is 451 g/mol. The van der Waals surface area contributed by atoms with E-state index < -0.39 is 18.0 Å². The van der Waals surface area contributed by atoms with Gasteiger partial charge in [0.15, 0.2) is 16.6 Å². The van der Waals surface area contributed by atoms with Crippen LogP contribution in [0.3, 0.4) is 0 Å². The Kier molecular flexibility index (Phi) is 5.62. The van der Waals surface area contributed by atoms with Crippen molar-refractivity contribution >= 4 is 55.7 Å². The molecule has 0 bridgehead atoms. The average Bonchev–Trinajstić information content (AvgIpc) is 3.18. The number of nitrogens with zero attached hydrogens (tertiary/aromatic N) is 1. The first kappa shape index (κ1) is 18.6. The number of aromatic nitrogens is 1. The summed E-state index contributed by atoms with van der Waals surface area (Å²) in [6.45, 7) is 1.79. The second-order valence-corrected chi connectivity index (χ2v) is 7.77. The van der Waals surface area contributed by atoms with Crippen LogP contribution in [-0.2, 0) is 13.0 Å². The lowest BCUT2D eigenvalue weighted by Crippen LogP contribution is -2.31. The molecule has 3 heterocycles. The fraction of sp³-hybridized carbons (Fsp3) is 0.312. The van der Waals surface area contributed by atoms with E-state index >= 15 is 0 Å². The Hall–Kier alpha value is -1.22. The molecule has 4 nitrogen and oxygen atoms in total. The van der Waals surface area contributed by atoms with E-state index in [-0.39, 0.29) is 22.8 Å². The summed E-state index contributed by atoms with van der Waals surface area (Å²) in [6.07, 6.45) is -1.05. The third-order valence-electron chi connectivity index (χ3n) is 3.76. The number of thiophene rings is 1. The summed E-state index contributed by atoms with van der Waals surface area (Å²) in [5.41, 5.74) is 6.48. The van der Waals surface area contributed by atoms with Gasteiger partial charge in [-0.2, -0.15) is 0 Å². The molecule has 0 saturated heterocycles. The second kappa shape index (κ2) is 7.57. The molecule has 25 heavy (non-hydrogen) atoms. The molecule has 0 spiro atoms.